The van der Waals surface area contributed by atoms with Gasteiger partial charge in [-0.3, -0.25) is 5.10 Å². The van der Waals surface area contributed by atoms with Crippen LogP contribution in [-0.2, 0) is 0 Å². The Labute approximate surface area is 93.4 Å². The van der Waals surface area contributed by atoms with Gasteiger partial charge in [0.15, 0.2) is 0 Å². The molecule has 0 saturated carbocycles. The van der Waals surface area contributed by atoms with E-state index in [9.17, 15) is 0 Å². The normalized spacial score (nSPS) is 11.7. The Morgan fingerprint density at radius 2 is 2.07 bits per heavy atom. The Bertz CT molecular complexity index is 432. The summed E-state index contributed by atoms with van der Waals surface area (Å²) < 4.78 is 0. The van der Waals surface area contributed by atoms with Gasteiger partial charge >= 0.3 is 0 Å². The molecular formula is C12H12N2S. The van der Waals surface area contributed by atoms with Crippen LogP contribution in [0.5, 0.6) is 0 Å². The molecule has 0 amide bonds. The third-order valence-electron chi connectivity index (χ3n) is 2.09. The van der Waals surface area contributed by atoms with Gasteiger partial charge in [-0.2, -0.15) is 5.10 Å². The van der Waals surface area contributed by atoms with Gasteiger partial charge < -0.3 is 0 Å². The lowest BCUT2D eigenvalue weighted by atomic mass is 10.2. The Morgan fingerprint density at radius 1 is 1.27 bits per heavy atom. The number of benzene rings is 1. The molecule has 3 heteroatoms. The molecule has 2 rings (SSSR count). The highest BCUT2D eigenvalue weighted by Gasteiger charge is 1.99. The Morgan fingerprint density at radius 3 is 2.67 bits per heavy atom. The van der Waals surface area contributed by atoms with Crippen LogP contribution in [0.2, 0.25) is 0 Å². The molecule has 1 N–H and O–H groups in total. The molecule has 0 radical (unpaired) electrons. The summed E-state index contributed by atoms with van der Waals surface area (Å²) >= 11 is 1.73. The first-order chi connectivity index (χ1) is 7.40. The van der Waals surface area contributed by atoms with Crippen LogP contribution in [-0.4, -0.2) is 16.5 Å². The molecule has 0 unspecified atom stereocenters. The van der Waals surface area contributed by atoms with E-state index < -0.39 is 0 Å². The largest absolute Gasteiger partial charge is 0.278 e. The molecular weight excluding hydrogens is 204 g/mol. The van der Waals surface area contributed by atoms with Gasteiger partial charge in [-0.05, 0) is 24.0 Å². The Balaban J connectivity index is 2.33. The van der Waals surface area contributed by atoms with Gasteiger partial charge in [0.2, 0.25) is 0 Å². The van der Waals surface area contributed by atoms with Crippen molar-refractivity contribution >= 4 is 22.7 Å². The first-order valence-electron chi connectivity index (χ1n) is 4.70. The first kappa shape index (κ1) is 10.1. The predicted molar refractivity (Wildman–Crippen MR) is 66.4 cm³/mol. The van der Waals surface area contributed by atoms with Crippen molar-refractivity contribution in [3.63, 3.8) is 0 Å². The Kier molecular flexibility index (Phi) is 3.25. The van der Waals surface area contributed by atoms with E-state index in [1.807, 2.05) is 24.3 Å². The predicted octanol–water partition coefficient (Wildman–Crippen LogP) is 3.27. The van der Waals surface area contributed by atoms with Crippen LogP contribution in [0.3, 0.4) is 0 Å². The van der Waals surface area contributed by atoms with Crippen molar-refractivity contribution in [2.75, 3.05) is 6.26 Å². The van der Waals surface area contributed by atoms with E-state index in [2.05, 4.69) is 34.7 Å². The molecule has 0 spiro atoms. The molecule has 0 saturated heterocycles. The molecule has 0 atom stereocenters. The first-order valence-corrected chi connectivity index (χ1v) is 5.93. The summed E-state index contributed by atoms with van der Waals surface area (Å²) in [7, 11) is 0. The van der Waals surface area contributed by atoms with E-state index in [1.165, 1.54) is 10.5 Å². The quantitative estimate of drug-likeness (QED) is 0.853. The molecule has 1 aromatic carbocycles. The number of aromatic nitrogens is 2. The highest BCUT2D eigenvalue weighted by atomic mass is 32.2. The number of H-pyrrole nitrogens is 1. The lowest BCUT2D eigenvalue weighted by Crippen LogP contribution is -1.79. The summed E-state index contributed by atoms with van der Waals surface area (Å²) in [6.07, 6.45) is 5.94. The minimum Gasteiger partial charge on any atom is -0.278 e. The van der Waals surface area contributed by atoms with Crippen LogP contribution >= 0.6 is 11.8 Å². The Hall–Kier alpha value is -1.48. The number of nitrogens with one attached hydrogen (secondary N) is 1. The summed E-state index contributed by atoms with van der Waals surface area (Å²) in [6, 6.07) is 12.3. The van der Waals surface area contributed by atoms with Gasteiger partial charge in [0.05, 0.1) is 5.69 Å². The van der Waals surface area contributed by atoms with Gasteiger partial charge in [0.1, 0.15) is 0 Å². The smallest absolute Gasteiger partial charge is 0.0589 e. The summed E-state index contributed by atoms with van der Waals surface area (Å²) in [4.78, 5) is 1.24. The standard InChI is InChI=1S/C12H12N2S/c1-15-12(9-11-7-8-13-14-11)10-5-3-2-4-6-10/h2-9H,1H3,(H,13,14)/b12-9-. The molecule has 0 fully saturated rings. The zero-order valence-electron chi connectivity index (χ0n) is 8.47. The zero-order chi connectivity index (χ0) is 10.5. The third-order valence-corrected chi connectivity index (χ3v) is 2.88. The van der Waals surface area contributed by atoms with Crippen LogP contribution in [0.15, 0.2) is 42.6 Å². The van der Waals surface area contributed by atoms with Crippen LogP contribution in [0.1, 0.15) is 11.3 Å². The monoisotopic (exact) mass is 216 g/mol. The fourth-order valence-electron chi connectivity index (χ4n) is 1.35. The van der Waals surface area contributed by atoms with Gasteiger partial charge in [-0.1, -0.05) is 30.3 Å². The average molecular weight is 216 g/mol. The van der Waals surface area contributed by atoms with Crippen LogP contribution in [0.4, 0.5) is 0 Å². The molecule has 0 bridgehead atoms. The summed E-state index contributed by atoms with van der Waals surface area (Å²) in [5.74, 6) is 0. The second kappa shape index (κ2) is 4.84. The fourth-order valence-corrected chi connectivity index (χ4v) is 1.97. The molecule has 76 valence electrons. The number of hydrogen-bond donors (Lipinski definition) is 1. The average Bonchev–Trinajstić information content (AvgIpc) is 2.80. The second-order valence-corrected chi connectivity index (χ2v) is 3.94. The second-order valence-electron chi connectivity index (χ2n) is 3.09. The molecule has 0 aliphatic rings. The summed E-state index contributed by atoms with van der Waals surface area (Å²) in [5.41, 5.74) is 2.27. The van der Waals surface area contributed by atoms with Crippen LogP contribution in [0.25, 0.3) is 11.0 Å². The van der Waals surface area contributed by atoms with E-state index in [0.29, 0.717) is 0 Å². The van der Waals surface area contributed by atoms with Crippen LogP contribution < -0.4 is 0 Å². The van der Waals surface area contributed by atoms with Crippen molar-refractivity contribution in [1.82, 2.24) is 10.2 Å². The van der Waals surface area contributed by atoms with Crippen molar-refractivity contribution in [2.24, 2.45) is 0 Å². The van der Waals surface area contributed by atoms with Crippen molar-refractivity contribution < 1.29 is 0 Å². The van der Waals surface area contributed by atoms with E-state index in [1.54, 1.807) is 18.0 Å². The summed E-state index contributed by atoms with van der Waals surface area (Å²) in [6.45, 7) is 0. The van der Waals surface area contributed by atoms with Crippen molar-refractivity contribution in [1.29, 1.82) is 0 Å². The molecule has 2 nitrogen and oxygen atoms in total. The number of hydrogen-bond acceptors (Lipinski definition) is 2. The summed E-state index contributed by atoms with van der Waals surface area (Å²) in [5, 5.41) is 6.86. The molecule has 1 aromatic heterocycles. The van der Waals surface area contributed by atoms with Gasteiger partial charge in [0.25, 0.3) is 0 Å². The lowest BCUT2D eigenvalue weighted by Gasteiger charge is -2.02. The lowest BCUT2D eigenvalue weighted by molar-refractivity contribution is 1.08. The fraction of sp³-hybridized carbons (Fsp3) is 0.0833. The van der Waals surface area contributed by atoms with E-state index >= 15 is 0 Å². The van der Waals surface area contributed by atoms with Crippen molar-refractivity contribution in [3.8, 4) is 0 Å². The SMILES string of the molecule is CS/C(=C\c1ccn[nH]1)c1ccccc1. The third kappa shape index (κ3) is 2.50. The topological polar surface area (TPSA) is 28.7 Å². The maximum absolute atomic E-state index is 3.92. The van der Waals surface area contributed by atoms with E-state index in [-0.39, 0.29) is 0 Å². The van der Waals surface area contributed by atoms with Crippen molar-refractivity contribution in [3.05, 3.63) is 53.9 Å². The number of nitrogens with zero attached hydrogens (tertiary/aromatic N) is 1. The molecule has 0 aliphatic heterocycles. The highest BCUT2D eigenvalue weighted by Crippen LogP contribution is 2.26. The number of thioether (sulfide) groups is 1. The van der Waals surface area contributed by atoms with E-state index in [0.717, 1.165) is 5.69 Å². The van der Waals surface area contributed by atoms with Gasteiger partial charge in [0, 0.05) is 11.1 Å². The minimum atomic E-state index is 1.03. The number of rotatable bonds is 3. The van der Waals surface area contributed by atoms with E-state index in [4.69, 9.17) is 0 Å². The minimum absolute atomic E-state index is 1.03. The maximum Gasteiger partial charge on any atom is 0.0589 e. The maximum atomic E-state index is 3.92. The molecule has 15 heavy (non-hydrogen) atoms. The van der Waals surface area contributed by atoms with Gasteiger partial charge in [-0.25, -0.2) is 0 Å². The zero-order valence-corrected chi connectivity index (χ0v) is 9.29. The van der Waals surface area contributed by atoms with Crippen molar-refractivity contribution in [2.45, 2.75) is 0 Å². The molecule has 2 aromatic rings. The van der Waals surface area contributed by atoms with Gasteiger partial charge in [-0.15, -0.1) is 11.8 Å². The highest BCUT2D eigenvalue weighted by molar-refractivity contribution is 8.07. The molecule has 1 heterocycles. The van der Waals surface area contributed by atoms with Crippen LogP contribution in [0, 0.1) is 0 Å². The number of aromatic amines is 1. The molecule has 0 aliphatic carbocycles.